The van der Waals surface area contributed by atoms with Crippen LogP contribution in [0.3, 0.4) is 0 Å². The molecule has 0 bridgehead atoms. The molecular weight excluding hydrogens is 456 g/mol. The van der Waals surface area contributed by atoms with Crippen molar-refractivity contribution in [3.63, 3.8) is 0 Å². The summed E-state index contributed by atoms with van der Waals surface area (Å²) in [7, 11) is 1.51. The van der Waals surface area contributed by atoms with Gasteiger partial charge in [-0.1, -0.05) is 75.1 Å². The molecule has 3 atom stereocenters. The Kier molecular flexibility index (Phi) is 8.21. The van der Waals surface area contributed by atoms with Crippen molar-refractivity contribution >= 4 is 17.8 Å². The largest absolute Gasteiger partial charge is 0.432 e. The van der Waals surface area contributed by atoms with Gasteiger partial charge in [0, 0.05) is 32.9 Å². The quantitative estimate of drug-likeness (QED) is 0.476. The highest BCUT2D eigenvalue weighted by molar-refractivity contribution is 5.92. The van der Waals surface area contributed by atoms with Gasteiger partial charge < -0.3 is 20.1 Å². The van der Waals surface area contributed by atoms with Gasteiger partial charge in [0.05, 0.1) is 5.92 Å². The summed E-state index contributed by atoms with van der Waals surface area (Å²) >= 11 is 0. The molecule has 2 N–H and O–H groups in total. The van der Waals surface area contributed by atoms with Gasteiger partial charge in [0.15, 0.2) is 6.10 Å². The van der Waals surface area contributed by atoms with Gasteiger partial charge in [-0.15, -0.1) is 0 Å². The van der Waals surface area contributed by atoms with E-state index in [9.17, 15) is 14.4 Å². The molecule has 3 rings (SSSR count). The van der Waals surface area contributed by atoms with Gasteiger partial charge in [-0.2, -0.15) is 0 Å². The van der Waals surface area contributed by atoms with E-state index in [1.165, 1.54) is 7.05 Å². The van der Waals surface area contributed by atoms with Gasteiger partial charge >= 0.3 is 5.97 Å². The third-order valence-corrected chi connectivity index (χ3v) is 5.90. The lowest BCUT2D eigenvalue weighted by atomic mass is 9.85. The van der Waals surface area contributed by atoms with E-state index in [2.05, 4.69) is 22.5 Å². The Morgan fingerprint density at radius 3 is 2.14 bits per heavy atom. The third kappa shape index (κ3) is 6.73. The Bertz CT molecular complexity index is 1150. The minimum absolute atomic E-state index is 0.0483. The summed E-state index contributed by atoms with van der Waals surface area (Å²) in [5, 5.41) is 5.38. The van der Waals surface area contributed by atoms with E-state index in [1.54, 1.807) is 13.8 Å². The molecule has 1 fully saturated rings. The molecule has 2 aromatic rings. The van der Waals surface area contributed by atoms with Crippen molar-refractivity contribution in [2.24, 2.45) is 11.3 Å². The molecule has 2 aromatic carbocycles. The Morgan fingerprint density at radius 1 is 1.00 bits per heavy atom. The number of likely N-dealkylation sites (N-methyl/N-ethyl adjacent to an activating group) is 1. The number of esters is 1. The molecule has 36 heavy (non-hydrogen) atoms. The fourth-order valence-electron chi connectivity index (χ4n) is 3.97. The second kappa shape index (κ2) is 11.0. The Hall–Kier alpha value is -3.63. The van der Waals surface area contributed by atoms with Gasteiger partial charge in [0.2, 0.25) is 17.6 Å². The maximum absolute atomic E-state index is 13.4. The normalized spacial score (nSPS) is 18.3. The zero-order chi connectivity index (χ0) is 26.5. The average molecular weight is 491 g/mol. The third-order valence-electron chi connectivity index (χ3n) is 5.90. The molecule has 0 radical (unpaired) electrons. The topological polar surface area (TPSA) is 93.7 Å². The fourth-order valence-corrected chi connectivity index (χ4v) is 3.97. The van der Waals surface area contributed by atoms with E-state index in [0.29, 0.717) is 0 Å². The van der Waals surface area contributed by atoms with Gasteiger partial charge in [-0.05, 0) is 28.7 Å². The maximum Gasteiger partial charge on any atom is 0.338 e. The van der Waals surface area contributed by atoms with Crippen molar-refractivity contribution in [1.82, 2.24) is 10.6 Å². The molecule has 0 aliphatic carbocycles. The number of cyclic esters (lactones) is 1. The molecule has 0 spiro atoms. The molecule has 7 heteroatoms. The van der Waals surface area contributed by atoms with Crippen molar-refractivity contribution in [2.45, 2.75) is 59.0 Å². The first-order valence-corrected chi connectivity index (χ1v) is 12.0. The number of carbonyl (C=O) groups is 3. The monoisotopic (exact) mass is 490 g/mol. The molecule has 1 aliphatic rings. The number of hydrogen-bond acceptors (Lipinski definition) is 5. The van der Waals surface area contributed by atoms with Crippen molar-refractivity contribution in [2.75, 3.05) is 7.05 Å². The number of rotatable bonds is 6. The molecule has 0 aromatic heterocycles. The van der Waals surface area contributed by atoms with Crippen molar-refractivity contribution in [1.29, 1.82) is 0 Å². The molecule has 1 heterocycles. The van der Waals surface area contributed by atoms with E-state index in [-0.39, 0.29) is 12.3 Å². The summed E-state index contributed by atoms with van der Waals surface area (Å²) in [5.74, 6) is 2.55. The van der Waals surface area contributed by atoms with Gasteiger partial charge in [0.25, 0.3) is 0 Å². The van der Waals surface area contributed by atoms with Crippen LogP contribution in [0.25, 0.3) is 11.1 Å². The van der Waals surface area contributed by atoms with Gasteiger partial charge in [-0.25, -0.2) is 4.79 Å². The van der Waals surface area contributed by atoms with Crippen LogP contribution in [0, 0.1) is 23.2 Å². The van der Waals surface area contributed by atoms with Crippen LogP contribution in [0.4, 0.5) is 0 Å². The highest BCUT2D eigenvalue weighted by Gasteiger charge is 2.48. The fraction of sp³-hybridized carbons (Fsp3) is 0.414. The lowest BCUT2D eigenvalue weighted by molar-refractivity contribution is -0.162. The first-order valence-electron chi connectivity index (χ1n) is 12.0. The molecule has 0 unspecified atom stereocenters. The number of carbonyl (C=O) groups excluding carboxylic acids is 3. The molecule has 1 saturated heterocycles. The van der Waals surface area contributed by atoms with Crippen LogP contribution in [0.15, 0.2) is 54.6 Å². The highest BCUT2D eigenvalue weighted by Crippen LogP contribution is 2.30. The molecule has 0 saturated carbocycles. The predicted octanol–water partition coefficient (Wildman–Crippen LogP) is 3.67. The van der Waals surface area contributed by atoms with Crippen molar-refractivity contribution in [3.05, 3.63) is 60.2 Å². The second-order valence-electron chi connectivity index (χ2n) is 10.3. The van der Waals surface area contributed by atoms with Crippen LogP contribution < -0.4 is 10.6 Å². The zero-order valence-corrected chi connectivity index (χ0v) is 21.7. The SMILES string of the molecule is CNC(=O)[C@@H](NC(=O)[C@H](CC#Cc1ccc(-c2ccccc2)cc1)[C@@H]1OC(C)(C)OC1=O)C(C)(C)C. The standard InChI is InChI=1S/C29H34N2O5/c1-28(2,3)24(26(33)30-6)31-25(32)22(23-27(34)36-29(4,5)35-23)14-10-11-19-15-17-21(18-16-19)20-12-8-7-9-13-20/h7-9,12-13,15-18,22-24H,14H2,1-6H3,(H,30,33)(H,31,32)/t22-,23+,24-/m1/s1. The van der Waals surface area contributed by atoms with Crippen LogP contribution in [-0.2, 0) is 23.9 Å². The number of amides is 2. The minimum atomic E-state index is -1.15. The van der Waals surface area contributed by atoms with Crippen LogP contribution in [0.2, 0.25) is 0 Å². The van der Waals surface area contributed by atoms with Gasteiger partial charge in [0.1, 0.15) is 6.04 Å². The molecule has 2 amide bonds. The lowest BCUT2D eigenvalue weighted by Gasteiger charge is -2.31. The molecule has 7 nitrogen and oxygen atoms in total. The molecular formula is C29H34N2O5. The first kappa shape index (κ1) is 27.0. The summed E-state index contributed by atoms with van der Waals surface area (Å²) in [5.41, 5.74) is 2.41. The number of nitrogens with one attached hydrogen (secondary N) is 2. The van der Waals surface area contributed by atoms with Crippen LogP contribution in [0.1, 0.15) is 46.6 Å². The predicted molar refractivity (Wildman–Crippen MR) is 137 cm³/mol. The summed E-state index contributed by atoms with van der Waals surface area (Å²) < 4.78 is 11.0. The van der Waals surface area contributed by atoms with E-state index >= 15 is 0 Å². The van der Waals surface area contributed by atoms with Crippen molar-refractivity contribution < 1.29 is 23.9 Å². The molecule has 190 valence electrons. The average Bonchev–Trinajstić information content (AvgIpc) is 3.11. The molecule has 1 aliphatic heterocycles. The Labute approximate surface area is 212 Å². The summed E-state index contributed by atoms with van der Waals surface area (Å²) in [6.45, 7) is 8.78. The van der Waals surface area contributed by atoms with Crippen LogP contribution in [0.5, 0.6) is 0 Å². The Balaban J connectivity index is 1.81. The lowest BCUT2D eigenvalue weighted by Crippen LogP contribution is -2.55. The van der Waals surface area contributed by atoms with Gasteiger partial charge in [-0.3, -0.25) is 9.59 Å². The van der Waals surface area contributed by atoms with Crippen LogP contribution in [-0.4, -0.2) is 42.8 Å². The van der Waals surface area contributed by atoms with E-state index in [4.69, 9.17) is 9.47 Å². The number of benzene rings is 2. The van der Waals surface area contributed by atoms with E-state index in [0.717, 1.165) is 16.7 Å². The van der Waals surface area contributed by atoms with Crippen molar-refractivity contribution in [3.8, 4) is 23.0 Å². The smallest absolute Gasteiger partial charge is 0.338 e. The summed E-state index contributed by atoms with van der Waals surface area (Å²) in [4.78, 5) is 38.4. The summed E-state index contributed by atoms with van der Waals surface area (Å²) in [6, 6.07) is 17.0. The second-order valence-corrected chi connectivity index (χ2v) is 10.3. The first-order chi connectivity index (χ1) is 16.9. The Morgan fingerprint density at radius 2 is 1.61 bits per heavy atom. The van der Waals surface area contributed by atoms with Crippen LogP contribution >= 0.6 is 0 Å². The number of ether oxygens (including phenoxy) is 2. The highest BCUT2D eigenvalue weighted by atomic mass is 16.8. The zero-order valence-electron chi connectivity index (χ0n) is 21.7. The van der Waals surface area contributed by atoms with E-state index < -0.39 is 41.1 Å². The number of hydrogen-bond donors (Lipinski definition) is 2. The maximum atomic E-state index is 13.4. The minimum Gasteiger partial charge on any atom is -0.432 e. The summed E-state index contributed by atoms with van der Waals surface area (Å²) in [6.07, 6.45) is -1.08. The van der Waals surface area contributed by atoms with E-state index in [1.807, 2.05) is 75.4 Å².